The Hall–Kier alpha value is -2.07. The quantitative estimate of drug-likeness (QED) is 0.303. The molecule has 0 bridgehead atoms. The van der Waals surface area contributed by atoms with Gasteiger partial charge in [-0.15, -0.1) is 0 Å². The van der Waals surface area contributed by atoms with Gasteiger partial charge in [0.25, 0.3) is 0 Å². The Morgan fingerprint density at radius 1 is 1.19 bits per heavy atom. The van der Waals surface area contributed by atoms with Crippen molar-refractivity contribution < 1.29 is 22.0 Å². The summed E-state index contributed by atoms with van der Waals surface area (Å²) in [5.41, 5.74) is 3.36. The minimum Gasteiger partial charge on any atom is -0.295 e. The summed E-state index contributed by atoms with van der Waals surface area (Å²) in [7, 11) is -2.69. The largest absolute Gasteiger partial charge is 0.446 e. The molecule has 0 spiro atoms. The predicted octanol–water partition coefficient (Wildman–Crippen LogP) is 1.80. The minimum absolute atomic E-state index is 0.0531. The predicted molar refractivity (Wildman–Crippen MR) is 112 cm³/mol. The van der Waals surface area contributed by atoms with Crippen LogP contribution in [0.1, 0.15) is 25.7 Å². The number of benzene rings is 1. The highest BCUT2D eigenvalue weighted by molar-refractivity contribution is 9.10. The van der Waals surface area contributed by atoms with Gasteiger partial charge in [-0.1, -0.05) is 16.9 Å². The first-order valence-electron chi connectivity index (χ1n) is 9.11. The van der Waals surface area contributed by atoms with E-state index in [1.165, 1.54) is 30.0 Å². The van der Waals surface area contributed by atoms with E-state index in [4.69, 9.17) is 9.15 Å². The van der Waals surface area contributed by atoms with Crippen molar-refractivity contribution in [3.05, 3.63) is 39.0 Å². The molecular weight excluding hydrogens is 519 g/mol. The van der Waals surface area contributed by atoms with Gasteiger partial charge in [0.05, 0.1) is 10.2 Å². The van der Waals surface area contributed by atoms with Crippen LogP contribution < -0.4 is 16.0 Å². The summed E-state index contributed by atoms with van der Waals surface area (Å²) >= 11 is 4.53. The van der Waals surface area contributed by atoms with Gasteiger partial charge in [-0.3, -0.25) is 4.52 Å². The van der Waals surface area contributed by atoms with Crippen molar-refractivity contribution >= 4 is 38.6 Å². The molecule has 2 heterocycles. The van der Waals surface area contributed by atoms with Crippen LogP contribution in [0.4, 0.5) is 4.39 Å². The molecule has 166 valence electrons. The van der Waals surface area contributed by atoms with Crippen LogP contribution in [0.5, 0.6) is 0 Å². The van der Waals surface area contributed by atoms with Gasteiger partial charge in [0, 0.05) is 11.3 Å². The molecule has 1 fully saturated rings. The highest BCUT2D eigenvalue weighted by Crippen LogP contribution is 2.37. The maximum atomic E-state index is 13.6. The molecule has 15 heteroatoms. The molecule has 3 aromatic rings. The van der Waals surface area contributed by atoms with E-state index in [0.717, 1.165) is 30.3 Å². The number of thiol groups is 1. The van der Waals surface area contributed by atoms with Crippen LogP contribution in [0.15, 0.2) is 41.6 Å². The molecule has 0 aliphatic heterocycles. The first kappa shape index (κ1) is 22.1. The summed E-state index contributed by atoms with van der Waals surface area (Å²) in [6.45, 7) is 0. The van der Waals surface area contributed by atoms with Crippen molar-refractivity contribution in [3.8, 4) is 17.2 Å². The molecule has 0 radical (unpaired) electrons. The number of nitrogens with zero attached hydrogens (tertiary/aromatic N) is 4. The lowest BCUT2D eigenvalue weighted by molar-refractivity contribution is 0.299. The lowest BCUT2D eigenvalue weighted by Gasteiger charge is -2.27. The highest BCUT2D eigenvalue weighted by Gasteiger charge is 2.28. The van der Waals surface area contributed by atoms with Crippen molar-refractivity contribution in [3.63, 3.8) is 0 Å². The van der Waals surface area contributed by atoms with E-state index in [9.17, 15) is 17.6 Å². The fourth-order valence-corrected chi connectivity index (χ4v) is 5.07. The van der Waals surface area contributed by atoms with Gasteiger partial charge < -0.3 is 0 Å². The zero-order chi connectivity index (χ0) is 22.0. The Labute approximate surface area is 188 Å². The average molecular weight is 535 g/mol. The fourth-order valence-electron chi connectivity index (χ4n) is 3.27. The first-order valence-corrected chi connectivity index (χ1v) is 12.0. The molecule has 31 heavy (non-hydrogen) atoms. The zero-order valence-electron chi connectivity index (χ0n) is 15.7. The number of thioether (sulfide) groups is 1. The van der Waals surface area contributed by atoms with Gasteiger partial charge in [-0.05, 0) is 70.1 Å². The monoisotopic (exact) mass is 534 g/mol. The third-order valence-electron chi connectivity index (χ3n) is 4.75. The van der Waals surface area contributed by atoms with Crippen LogP contribution in [0, 0.1) is 5.82 Å². The lowest BCUT2D eigenvalue weighted by Crippen LogP contribution is -2.42. The maximum Gasteiger partial charge on any atom is 0.446 e. The summed E-state index contributed by atoms with van der Waals surface area (Å²) in [5.74, 6) is -1.15. The second kappa shape index (κ2) is 9.60. The molecule has 0 atom stereocenters. The number of nitrogens with one attached hydrogen (secondary N) is 2. The van der Waals surface area contributed by atoms with Gasteiger partial charge in [0.1, 0.15) is 5.82 Å². The minimum atomic E-state index is -2.69. The molecule has 1 aliphatic carbocycles. The van der Waals surface area contributed by atoms with Crippen LogP contribution in [0.3, 0.4) is 0 Å². The van der Waals surface area contributed by atoms with Crippen molar-refractivity contribution in [1.29, 1.82) is 0 Å². The number of aromatic nitrogens is 4. The molecule has 11 nitrogen and oxygen atoms in total. The SMILES string of the molecule is O=c1onc(-c2nonc2SC2CCC(NN[SH](=O)=O)CC2)n1-c1ccc(F)c(Br)c1. The lowest BCUT2D eigenvalue weighted by atomic mass is 9.96. The third-order valence-corrected chi connectivity index (χ3v) is 6.96. The van der Waals surface area contributed by atoms with Crippen molar-refractivity contribution in [2.24, 2.45) is 0 Å². The number of hydrazine groups is 1. The molecule has 4 rings (SSSR count). The molecule has 1 saturated carbocycles. The van der Waals surface area contributed by atoms with Gasteiger partial charge in [-0.25, -0.2) is 32.2 Å². The molecule has 0 unspecified atom stereocenters. The van der Waals surface area contributed by atoms with Crippen LogP contribution in [0.25, 0.3) is 17.2 Å². The average Bonchev–Trinajstić information content (AvgIpc) is 3.35. The van der Waals surface area contributed by atoms with E-state index in [1.807, 2.05) is 0 Å². The second-order valence-electron chi connectivity index (χ2n) is 6.73. The highest BCUT2D eigenvalue weighted by atomic mass is 79.9. The maximum absolute atomic E-state index is 13.6. The number of rotatable bonds is 7. The zero-order valence-corrected chi connectivity index (χ0v) is 19.0. The van der Waals surface area contributed by atoms with Crippen LogP contribution in [-0.4, -0.2) is 39.7 Å². The Balaban J connectivity index is 1.52. The molecular formula is C16H16BrFN6O5S2. The Morgan fingerprint density at radius 3 is 2.68 bits per heavy atom. The van der Waals surface area contributed by atoms with Crippen LogP contribution >= 0.6 is 27.7 Å². The van der Waals surface area contributed by atoms with Crippen LogP contribution in [0.2, 0.25) is 0 Å². The van der Waals surface area contributed by atoms with Gasteiger partial charge in [0.15, 0.2) is 10.7 Å². The van der Waals surface area contributed by atoms with Crippen molar-refractivity contribution in [2.75, 3.05) is 0 Å². The van der Waals surface area contributed by atoms with E-state index in [1.54, 1.807) is 0 Å². The standard InChI is InChI=1S/C16H16BrFN6O5S2/c17-11-7-9(3-6-12(11)18)24-14(21-28-16(24)25)13-15(22-29-20-13)30-10-4-1-8(2-5-10)19-23-31(26)27/h3,6-8,10,19,31H,1-2,4-5H2,(H,23,26,27). The Kier molecular flexibility index (Phi) is 6.86. The smallest absolute Gasteiger partial charge is 0.295 e. The van der Waals surface area contributed by atoms with Gasteiger partial charge >= 0.3 is 5.76 Å². The Bertz CT molecular complexity index is 1200. The fraction of sp³-hybridized carbons (Fsp3) is 0.375. The second-order valence-corrected chi connectivity index (χ2v) is 9.61. The van der Waals surface area contributed by atoms with Gasteiger partial charge in [0.2, 0.25) is 16.7 Å². The van der Waals surface area contributed by atoms with E-state index < -0.39 is 22.5 Å². The summed E-state index contributed by atoms with van der Waals surface area (Å²) < 4.78 is 45.9. The number of hydrogen-bond donors (Lipinski definition) is 3. The normalized spacial score (nSPS) is 19.2. The number of hydrogen-bond acceptors (Lipinski definition) is 10. The third kappa shape index (κ3) is 5.06. The summed E-state index contributed by atoms with van der Waals surface area (Å²) in [5, 5.41) is 12.3. The van der Waals surface area contributed by atoms with E-state index in [0.29, 0.717) is 10.7 Å². The molecule has 2 aromatic heterocycles. The van der Waals surface area contributed by atoms with Crippen LogP contribution in [-0.2, 0) is 10.9 Å². The van der Waals surface area contributed by atoms with E-state index in [2.05, 4.69) is 41.7 Å². The van der Waals surface area contributed by atoms with Crippen molar-refractivity contribution in [2.45, 2.75) is 42.0 Å². The molecule has 1 aromatic carbocycles. The molecule has 0 saturated heterocycles. The van der Waals surface area contributed by atoms with E-state index >= 15 is 0 Å². The summed E-state index contributed by atoms with van der Waals surface area (Å²) in [4.78, 5) is 14.5. The molecule has 1 aliphatic rings. The topological polar surface area (TPSA) is 145 Å². The Morgan fingerprint density at radius 2 is 1.97 bits per heavy atom. The summed E-state index contributed by atoms with van der Waals surface area (Å²) in [6.07, 6.45) is 3.16. The van der Waals surface area contributed by atoms with E-state index in [-0.39, 0.29) is 27.3 Å². The first-order chi connectivity index (χ1) is 14.9. The van der Waals surface area contributed by atoms with Crippen molar-refractivity contribution in [1.82, 2.24) is 30.3 Å². The number of halogens is 2. The molecule has 2 N–H and O–H groups in total. The van der Waals surface area contributed by atoms with Gasteiger partial charge in [-0.2, -0.15) is 4.83 Å². The molecule has 0 amide bonds. The summed E-state index contributed by atoms with van der Waals surface area (Å²) in [6, 6.07) is 4.11.